The number of unbranched alkanes of at least 4 members (excludes halogenated alkanes) is 9. The summed E-state index contributed by atoms with van der Waals surface area (Å²) in [6.07, 6.45) is 22.3. The molecule has 0 aliphatic heterocycles. The minimum absolute atomic E-state index is 0.0933. The van der Waals surface area contributed by atoms with E-state index in [1.165, 1.54) is 57.8 Å². The maximum absolute atomic E-state index is 13.6. The number of fused-ring (bicyclic) bond motifs is 2. The van der Waals surface area contributed by atoms with E-state index in [1.807, 2.05) is 0 Å². The first-order valence-corrected chi connectivity index (χ1v) is 14.3. The molecule has 3 atom stereocenters. The van der Waals surface area contributed by atoms with Crippen LogP contribution in [0.15, 0.2) is 12.2 Å². The van der Waals surface area contributed by atoms with Crippen LogP contribution in [0.4, 0.5) is 0 Å². The predicted octanol–water partition coefficient (Wildman–Crippen LogP) is 7.03. The van der Waals surface area contributed by atoms with Crippen LogP contribution < -0.4 is 5.32 Å². The van der Waals surface area contributed by atoms with Gasteiger partial charge in [0.1, 0.15) is 0 Å². The van der Waals surface area contributed by atoms with E-state index in [0.29, 0.717) is 12.3 Å². The lowest BCUT2D eigenvalue weighted by Crippen LogP contribution is -2.44. The van der Waals surface area contributed by atoms with Gasteiger partial charge in [-0.1, -0.05) is 90.7 Å². The molecule has 4 heteroatoms. The third-order valence-electron chi connectivity index (χ3n) is 7.96. The van der Waals surface area contributed by atoms with Gasteiger partial charge < -0.3 is 10.2 Å². The van der Waals surface area contributed by atoms with Crippen LogP contribution in [-0.2, 0) is 9.59 Å². The molecular formula is C29H52N2O2. The molecule has 2 aliphatic rings. The van der Waals surface area contributed by atoms with Crippen molar-refractivity contribution in [2.45, 2.75) is 124 Å². The zero-order valence-corrected chi connectivity index (χ0v) is 22.0. The summed E-state index contributed by atoms with van der Waals surface area (Å²) >= 11 is 0. The first-order chi connectivity index (χ1) is 16.1. The maximum atomic E-state index is 13.6. The van der Waals surface area contributed by atoms with Gasteiger partial charge in [0.05, 0.1) is 5.92 Å². The average Bonchev–Trinajstić information content (AvgIpc) is 3.43. The molecule has 0 aromatic rings. The first-order valence-electron chi connectivity index (χ1n) is 14.3. The Kier molecular flexibility index (Phi) is 13.2. The highest BCUT2D eigenvalue weighted by Crippen LogP contribution is 2.54. The highest BCUT2D eigenvalue weighted by molar-refractivity contribution is 5.87. The van der Waals surface area contributed by atoms with E-state index in [4.69, 9.17) is 0 Å². The Morgan fingerprint density at radius 3 is 2.00 bits per heavy atom. The normalized spacial score (nSPS) is 22.0. The summed E-state index contributed by atoms with van der Waals surface area (Å²) in [4.78, 5) is 29.0. The van der Waals surface area contributed by atoms with Gasteiger partial charge in [0.25, 0.3) is 0 Å². The third kappa shape index (κ3) is 9.09. The van der Waals surface area contributed by atoms with Crippen LogP contribution in [0.3, 0.4) is 0 Å². The second-order valence-corrected chi connectivity index (χ2v) is 10.7. The van der Waals surface area contributed by atoms with E-state index < -0.39 is 0 Å². The number of allylic oxidation sites excluding steroid dienone is 2. The van der Waals surface area contributed by atoms with E-state index in [-0.39, 0.29) is 23.1 Å². The minimum atomic E-state index is -0.214. The summed E-state index contributed by atoms with van der Waals surface area (Å²) < 4.78 is 0. The van der Waals surface area contributed by atoms with Crippen LogP contribution in [0.5, 0.6) is 0 Å². The molecule has 190 valence electrons. The molecule has 0 spiro atoms. The fourth-order valence-electron chi connectivity index (χ4n) is 5.79. The molecule has 0 radical (unpaired) electrons. The lowest BCUT2D eigenvalue weighted by Gasteiger charge is -2.34. The van der Waals surface area contributed by atoms with Crippen molar-refractivity contribution in [1.29, 1.82) is 0 Å². The molecule has 0 aromatic heterocycles. The van der Waals surface area contributed by atoms with Crippen LogP contribution in [0.1, 0.15) is 124 Å². The van der Waals surface area contributed by atoms with E-state index in [1.54, 1.807) is 0 Å². The second-order valence-electron chi connectivity index (χ2n) is 10.7. The maximum Gasteiger partial charge on any atom is 0.224 e. The molecular weight excluding hydrogens is 408 g/mol. The van der Waals surface area contributed by atoms with Crippen molar-refractivity contribution in [3.05, 3.63) is 12.2 Å². The van der Waals surface area contributed by atoms with Gasteiger partial charge in [-0.15, -0.1) is 0 Å². The van der Waals surface area contributed by atoms with Gasteiger partial charge in [-0.2, -0.15) is 0 Å². The number of amides is 2. The summed E-state index contributed by atoms with van der Waals surface area (Å²) in [6.45, 7) is 9.09. The Hall–Kier alpha value is -1.32. The van der Waals surface area contributed by atoms with Crippen molar-refractivity contribution >= 4 is 11.8 Å². The van der Waals surface area contributed by atoms with Crippen LogP contribution in [0, 0.1) is 17.3 Å². The van der Waals surface area contributed by atoms with Gasteiger partial charge in [-0.25, -0.2) is 0 Å². The van der Waals surface area contributed by atoms with Gasteiger partial charge in [0, 0.05) is 31.5 Å². The topological polar surface area (TPSA) is 49.4 Å². The summed E-state index contributed by atoms with van der Waals surface area (Å²) in [5.74, 6) is 0.712. The summed E-state index contributed by atoms with van der Waals surface area (Å²) in [7, 11) is 0. The van der Waals surface area contributed by atoms with E-state index in [0.717, 1.165) is 58.2 Å². The second kappa shape index (κ2) is 15.6. The number of rotatable bonds is 19. The van der Waals surface area contributed by atoms with Crippen LogP contribution in [0.2, 0.25) is 0 Å². The molecule has 0 heterocycles. The summed E-state index contributed by atoms with van der Waals surface area (Å²) in [6, 6.07) is 0. The molecule has 3 unspecified atom stereocenters. The Balaban J connectivity index is 2.01. The Bertz CT molecular complexity index is 590. The molecule has 1 fully saturated rings. The van der Waals surface area contributed by atoms with Crippen molar-refractivity contribution in [2.75, 3.05) is 19.6 Å². The number of hydrogen-bond acceptors (Lipinski definition) is 2. The molecule has 2 aliphatic carbocycles. The Labute approximate surface area is 204 Å². The molecule has 0 saturated heterocycles. The molecule has 33 heavy (non-hydrogen) atoms. The predicted molar refractivity (Wildman–Crippen MR) is 139 cm³/mol. The van der Waals surface area contributed by atoms with Gasteiger partial charge in [-0.3, -0.25) is 9.59 Å². The Morgan fingerprint density at radius 2 is 1.52 bits per heavy atom. The molecule has 1 N–H and O–H groups in total. The SMILES string of the molecule is CCCCCCNC(=O)C(CC(=O)N(CCCCCC)CCCCCC)C12C=CC(CC1)C2. The van der Waals surface area contributed by atoms with Crippen molar-refractivity contribution in [1.82, 2.24) is 10.2 Å². The molecule has 2 amide bonds. The fourth-order valence-corrected chi connectivity index (χ4v) is 5.79. The van der Waals surface area contributed by atoms with Crippen molar-refractivity contribution < 1.29 is 9.59 Å². The zero-order valence-electron chi connectivity index (χ0n) is 22.0. The van der Waals surface area contributed by atoms with Crippen molar-refractivity contribution in [3.8, 4) is 0 Å². The lowest BCUT2D eigenvalue weighted by atomic mass is 9.72. The van der Waals surface area contributed by atoms with Crippen LogP contribution >= 0.6 is 0 Å². The van der Waals surface area contributed by atoms with E-state index >= 15 is 0 Å². The van der Waals surface area contributed by atoms with Gasteiger partial charge >= 0.3 is 0 Å². The van der Waals surface area contributed by atoms with Crippen LogP contribution in [0.25, 0.3) is 0 Å². The van der Waals surface area contributed by atoms with Crippen molar-refractivity contribution in [3.63, 3.8) is 0 Å². The molecule has 1 saturated carbocycles. The van der Waals surface area contributed by atoms with Gasteiger partial charge in [-0.05, 0) is 44.4 Å². The third-order valence-corrected chi connectivity index (χ3v) is 7.96. The molecule has 2 bridgehead atoms. The van der Waals surface area contributed by atoms with Gasteiger partial charge in [0.15, 0.2) is 0 Å². The number of carbonyl (C=O) groups is 2. The molecule has 4 nitrogen and oxygen atoms in total. The number of hydrogen-bond donors (Lipinski definition) is 1. The smallest absolute Gasteiger partial charge is 0.224 e. The largest absolute Gasteiger partial charge is 0.356 e. The number of nitrogens with one attached hydrogen (secondary N) is 1. The minimum Gasteiger partial charge on any atom is -0.356 e. The number of carbonyl (C=O) groups excluding carboxylic acids is 2. The Morgan fingerprint density at radius 1 is 0.909 bits per heavy atom. The monoisotopic (exact) mass is 460 g/mol. The lowest BCUT2D eigenvalue weighted by molar-refractivity contribution is -0.139. The average molecular weight is 461 g/mol. The standard InChI is InChI=1S/C29H52N2O2/c1-4-7-10-13-20-30-28(33)26(29-18-16-25(24-29)17-19-29)23-27(32)31(21-14-11-8-5-2)22-15-12-9-6-3/h16,18,25-26H,4-15,17,19-24H2,1-3H3,(H,30,33). The van der Waals surface area contributed by atoms with Crippen LogP contribution in [-0.4, -0.2) is 36.3 Å². The van der Waals surface area contributed by atoms with Gasteiger partial charge in [0.2, 0.25) is 11.8 Å². The quantitative estimate of drug-likeness (QED) is 0.166. The van der Waals surface area contributed by atoms with E-state index in [2.05, 4.69) is 43.1 Å². The van der Waals surface area contributed by atoms with E-state index in [9.17, 15) is 9.59 Å². The molecule has 2 rings (SSSR count). The van der Waals surface area contributed by atoms with Crippen molar-refractivity contribution in [2.24, 2.45) is 17.3 Å². The number of nitrogens with zero attached hydrogens (tertiary/aromatic N) is 1. The summed E-state index contributed by atoms with van der Waals surface area (Å²) in [5.41, 5.74) is -0.0933. The summed E-state index contributed by atoms with van der Waals surface area (Å²) in [5, 5.41) is 3.22. The highest BCUT2D eigenvalue weighted by atomic mass is 16.2. The molecule has 0 aromatic carbocycles. The highest BCUT2D eigenvalue weighted by Gasteiger charge is 2.49. The fraction of sp³-hybridized carbons (Fsp3) is 0.862. The first kappa shape index (κ1) is 27.9. The zero-order chi connectivity index (χ0) is 23.9.